The highest BCUT2D eigenvalue weighted by atomic mass is 16.1. The van der Waals surface area contributed by atoms with Crippen molar-refractivity contribution in [1.82, 2.24) is 4.90 Å². The molecule has 0 aromatic rings. The van der Waals surface area contributed by atoms with Crippen molar-refractivity contribution in [2.75, 3.05) is 20.1 Å². The number of nitrogens with zero attached hydrogens (tertiary/aromatic N) is 1. The molecule has 0 spiro atoms. The van der Waals surface area contributed by atoms with Crippen LogP contribution in [0.4, 0.5) is 0 Å². The monoisotopic (exact) mass is 196 g/mol. The van der Waals surface area contributed by atoms with E-state index in [1.807, 2.05) is 13.0 Å². The van der Waals surface area contributed by atoms with Gasteiger partial charge in [0.25, 0.3) is 0 Å². The summed E-state index contributed by atoms with van der Waals surface area (Å²) in [7, 11) is 2.07. The Morgan fingerprint density at radius 3 is 2.21 bits per heavy atom. The summed E-state index contributed by atoms with van der Waals surface area (Å²) >= 11 is 0. The third-order valence-electron chi connectivity index (χ3n) is 1.29. The molecule has 1 amide bonds. The first-order valence-corrected chi connectivity index (χ1v) is 4.40. The lowest BCUT2D eigenvalue weighted by Gasteiger charge is -2.09. The summed E-state index contributed by atoms with van der Waals surface area (Å²) < 4.78 is 0. The van der Waals surface area contributed by atoms with E-state index in [4.69, 9.17) is 0 Å². The summed E-state index contributed by atoms with van der Waals surface area (Å²) in [6.45, 7) is 10.7. The molecule has 14 heavy (non-hydrogen) atoms. The molecule has 0 fully saturated rings. The van der Waals surface area contributed by atoms with Crippen LogP contribution in [0.3, 0.4) is 0 Å². The number of hydrogen-bond acceptors (Lipinski definition) is 2. The molecule has 0 atom stereocenters. The zero-order valence-corrected chi connectivity index (χ0v) is 9.07. The molecular formula is C11H20N2O. The number of hydrogen-bond donors (Lipinski definition) is 1. The van der Waals surface area contributed by atoms with Crippen molar-refractivity contribution in [1.29, 1.82) is 0 Å². The zero-order valence-electron chi connectivity index (χ0n) is 9.07. The van der Waals surface area contributed by atoms with Crippen LogP contribution in [0.1, 0.15) is 6.92 Å². The van der Waals surface area contributed by atoms with Crippen LogP contribution in [-0.2, 0) is 4.79 Å². The molecule has 0 saturated carbocycles. The average Bonchev–Trinajstić information content (AvgIpc) is 2.16. The quantitative estimate of drug-likeness (QED) is 0.533. The molecule has 0 aliphatic heterocycles. The van der Waals surface area contributed by atoms with E-state index in [2.05, 4.69) is 43.0 Å². The number of nitrogens with two attached hydrogens (primary N) is 1. The topological polar surface area (TPSA) is 46.3 Å². The minimum absolute atomic E-state index is 0.481. The lowest BCUT2D eigenvalue weighted by Crippen LogP contribution is -2.17. The maximum absolute atomic E-state index is 9.47. The fraction of sp³-hybridized carbons (Fsp3) is 0.364. The van der Waals surface area contributed by atoms with Crippen molar-refractivity contribution < 1.29 is 4.79 Å². The molecule has 0 aliphatic rings. The van der Waals surface area contributed by atoms with Gasteiger partial charge in [0, 0.05) is 13.1 Å². The predicted molar refractivity (Wildman–Crippen MR) is 61.9 cm³/mol. The van der Waals surface area contributed by atoms with Crippen molar-refractivity contribution in [3.63, 3.8) is 0 Å². The maximum Gasteiger partial charge on any atom is 0.240 e. The number of likely N-dealkylation sites (N-methyl/N-ethyl adjacent to an activating group) is 1. The van der Waals surface area contributed by atoms with Gasteiger partial charge in [0.05, 0.1) is 0 Å². The second kappa shape index (κ2) is 11.6. The normalized spacial score (nSPS) is 9.36. The van der Waals surface area contributed by atoms with Crippen molar-refractivity contribution >= 4 is 5.91 Å². The molecule has 0 aromatic heterocycles. The average molecular weight is 196 g/mol. The zero-order chi connectivity index (χ0) is 11.4. The molecule has 0 unspecified atom stereocenters. The van der Waals surface area contributed by atoms with E-state index < -0.39 is 5.91 Å². The van der Waals surface area contributed by atoms with Gasteiger partial charge < -0.3 is 5.73 Å². The summed E-state index contributed by atoms with van der Waals surface area (Å²) in [6, 6.07) is 0. The van der Waals surface area contributed by atoms with E-state index >= 15 is 0 Å². The van der Waals surface area contributed by atoms with Gasteiger partial charge in [-0.2, -0.15) is 0 Å². The Labute approximate surface area is 86.6 Å². The summed E-state index contributed by atoms with van der Waals surface area (Å²) in [6.07, 6.45) is 7.15. The highest BCUT2D eigenvalue weighted by molar-refractivity contribution is 5.84. The first-order valence-electron chi connectivity index (χ1n) is 4.40. The van der Waals surface area contributed by atoms with Gasteiger partial charge in [0.1, 0.15) is 0 Å². The van der Waals surface area contributed by atoms with Gasteiger partial charge in [-0.25, -0.2) is 0 Å². The van der Waals surface area contributed by atoms with Gasteiger partial charge in [0.2, 0.25) is 5.91 Å². The van der Waals surface area contributed by atoms with E-state index in [1.54, 1.807) is 0 Å². The molecule has 3 nitrogen and oxygen atoms in total. The minimum Gasteiger partial charge on any atom is -0.366 e. The van der Waals surface area contributed by atoms with Crippen LogP contribution < -0.4 is 5.73 Å². The van der Waals surface area contributed by atoms with Gasteiger partial charge in [0.15, 0.2) is 0 Å². The number of primary amides is 1. The van der Waals surface area contributed by atoms with Gasteiger partial charge in [-0.05, 0) is 20.0 Å². The standard InChI is InChI=1S/C8H15N.C3H5NO/c1-4-6-8-9(3)7-5-2;1-2-3(4)5/h4-6H,2,7-8H2,1,3H3;2H,1H2,(H2,4,5). The van der Waals surface area contributed by atoms with Crippen LogP contribution in [-0.4, -0.2) is 30.9 Å². The number of allylic oxidation sites excluding steroid dienone is 1. The van der Waals surface area contributed by atoms with Gasteiger partial charge in [-0.3, -0.25) is 9.69 Å². The summed E-state index contributed by atoms with van der Waals surface area (Å²) in [5, 5.41) is 0. The van der Waals surface area contributed by atoms with Crippen LogP contribution >= 0.6 is 0 Å². The highest BCUT2D eigenvalue weighted by Gasteiger charge is 1.86. The summed E-state index contributed by atoms with van der Waals surface area (Å²) in [5.74, 6) is -0.481. The lowest BCUT2D eigenvalue weighted by atomic mass is 10.4. The van der Waals surface area contributed by atoms with Crippen molar-refractivity contribution in [2.45, 2.75) is 6.92 Å². The molecule has 0 radical (unpaired) electrons. The van der Waals surface area contributed by atoms with E-state index in [0.29, 0.717) is 0 Å². The number of carbonyl (C=O) groups excluding carboxylic acids is 1. The van der Waals surface area contributed by atoms with E-state index in [9.17, 15) is 4.79 Å². The Bertz CT molecular complexity index is 197. The first kappa shape index (κ1) is 15.1. The molecular weight excluding hydrogens is 176 g/mol. The third kappa shape index (κ3) is 16.9. The second-order valence-corrected chi connectivity index (χ2v) is 2.69. The van der Waals surface area contributed by atoms with E-state index in [0.717, 1.165) is 19.2 Å². The molecule has 0 bridgehead atoms. The van der Waals surface area contributed by atoms with Crippen LogP contribution in [0, 0.1) is 0 Å². The Kier molecular flexibility index (Phi) is 12.6. The molecule has 0 saturated heterocycles. The lowest BCUT2D eigenvalue weighted by molar-refractivity contribution is -0.113. The van der Waals surface area contributed by atoms with Crippen molar-refractivity contribution in [3.05, 3.63) is 37.5 Å². The third-order valence-corrected chi connectivity index (χ3v) is 1.29. The summed E-state index contributed by atoms with van der Waals surface area (Å²) in [5.41, 5.74) is 4.53. The highest BCUT2D eigenvalue weighted by Crippen LogP contribution is 1.82. The maximum atomic E-state index is 9.47. The molecule has 2 N–H and O–H groups in total. The van der Waals surface area contributed by atoms with E-state index in [-0.39, 0.29) is 0 Å². The molecule has 3 heteroatoms. The van der Waals surface area contributed by atoms with Crippen LogP contribution in [0.2, 0.25) is 0 Å². The number of amides is 1. The van der Waals surface area contributed by atoms with Crippen molar-refractivity contribution in [2.24, 2.45) is 5.73 Å². The van der Waals surface area contributed by atoms with E-state index in [1.165, 1.54) is 0 Å². The predicted octanol–water partition coefficient (Wildman–Crippen LogP) is 1.34. The minimum atomic E-state index is -0.481. The number of carbonyl (C=O) groups is 1. The molecule has 0 aromatic carbocycles. The first-order chi connectivity index (χ1) is 6.58. The molecule has 80 valence electrons. The van der Waals surface area contributed by atoms with Crippen LogP contribution in [0.25, 0.3) is 0 Å². The fourth-order valence-electron chi connectivity index (χ4n) is 0.580. The Morgan fingerprint density at radius 1 is 1.43 bits per heavy atom. The SMILES string of the molecule is C=CC(N)=O.C=CCN(C)CC=CC. The van der Waals surface area contributed by atoms with Crippen LogP contribution in [0.15, 0.2) is 37.5 Å². The van der Waals surface area contributed by atoms with Gasteiger partial charge in [-0.1, -0.05) is 24.8 Å². The Morgan fingerprint density at radius 2 is 1.93 bits per heavy atom. The molecule has 0 rings (SSSR count). The molecule has 0 heterocycles. The van der Waals surface area contributed by atoms with Crippen molar-refractivity contribution in [3.8, 4) is 0 Å². The fourth-order valence-corrected chi connectivity index (χ4v) is 0.580. The van der Waals surface area contributed by atoms with Crippen LogP contribution in [0.5, 0.6) is 0 Å². The van der Waals surface area contributed by atoms with Gasteiger partial charge in [-0.15, -0.1) is 6.58 Å². The second-order valence-electron chi connectivity index (χ2n) is 2.69. The Balaban J connectivity index is 0. The Hall–Kier alpha value is -1.35. The summed E-state index contributed by atoms with van der Waals surface area (Å²) in [4.78, 5) is 11.7. The number of rotatable bonds is 5. The smallest absolute Gasteiger partial charge is 0.240 e. The largest absolute Gasteiger partial charge is 0.366 e. The van der Waals surface area contributed by atoms with Gasteiger partial charge >= 0.3 is 0 Å². The molecule has 0 aliphatic carbocycles.